The lowest BCUT2D eigenvalue weighted by Gasteiger charge is -2.44. The zero-order chi connectivity index (χ0) is 41.5. The number of aliphatic carboxylic acids is 2. The van der Waals surface area contributed by atoms with Crippen molar-refractivity contribution in [2.45, 2.75) is 68.7 Å². The molecule has 2 aromatic heterocycles. The monoisotopic (exact) mass is 808 g/mol. The summed E-state index contributed by atoms with van der Waals surface area (Å²) in [5.74, 6) is -1.28. The first kappa shape index (κ1) is 40.9. The van der Waals surface area contributed by atoms with Gasteiger partial charge in [-0.15, -0.1) is 10.2 Å². The van der Waals surface area contributed by atoms with Crippen molar-refractivity contribution in [3.05, 3.63) is 131 Å². The Morgan fingerprint density at radius 1 is 0.729 bits per heavy atom. The number of aliphatic hydroxyl groups is 2. The maximum Gasteiger partial charge on any atom is 0.328 e. The molecule has 1 aliphatic heterocycles. The third-order valence-corrected chi connectivity index (χ3v) is 10.3. The van der Waals surface area contributed by atoms with Crippen LogP contribution < -0.4 is 9.47 Å². The van der Waals surface area contributed by atoms with Gasteiger partial charge in [0.05, 0.1) is 46.4 Å². The molecule has 7 atom stereocenters. The van der Waals surface area contributed by atoms with Crippen molar-refractivity contribution in [1.29, 1.82) is 0 Å². The van der Waals surface area contributed by atoms with Crippen LogP contribution in [0, 0.1) is 0 Å². The minimum absolute atomic E-state index is 0.162. The number of methoxy groups -OCH3 is 2. The number of hydrogen-bond acceptors (Lipinski definition) is 13. The van der Waals surface area contributed by atoms with Gasteiger partial charge in [-0.1, -0.05) is 95.4 Å². The zero-order valence-electron chi connectivity index (χ0n) is 32.2. The lowest BCUT2D eigenvalue weighted by Crippen LogP contribution is -2.57. The first-order valence-corrected chi connectivity index (χ1v) is 18.8. The Hall–Kier alpha value is -6.24. The van der Waals surface area contributed by atoms with Gasteiger partial charge in [0.25, 0.3) is 0 Å². The van der Waals surface area contributed by atoms with Crippen molar-refractivity contribution in [3.8, 4) is 11.5 Å². The second kappa shape index (κ2) is 18.6. The van der Waals surface area contributed by atoms with Gasteiger partial charge in [0, 0.05) is 29.2 Å². The number of rotatable bonds is 18. The third kappa shape index (κ3) is 9.09. The van der Waals surface area contributed by atoms with Crippen molar-refractivity contribution in [2.24, 2.45) is 0 Å². The molecule has 59 heavy (non-hydrogen) atoms. The van der Waals surface area contributed by atoms with E-state index in [0.717, 1.165) is 16.5 Å². The Bertz CT molecular complexity index is 2340. The SMILES string of the molecule is COc1cc([C@@H]2O[C@H](CO)[C@@H](OCc3cn([C@@H](Cc4ccccc4)C(=O)O)nn3)[C@H](OCc3cn([C@@H](Cc4ccccc4)C(=O)O)nn3)[C@H]2O)c(OC)c2ccccc12. The van der Waals surface area contributed by atoms with E-state index in [0.29, 0.717) is 22.4 Å². The average molecular weight is 809 g/mol. The van der Waals surface area contributed by atoms with E-state index in [1.807, 2.05) is 84.9 Å². The second-order valence-corrected chi connectivity index (χ2v) is 14.0. The van der Waals surface area contributed by atoms with Crippen LogP contribution in [-0.2, 0) is 49.9 Å². The normalized spacial score (nSPS) is 20.2. The van der Waals surface area contributed by atoms with E-state index in [4.69, 9.17) is 23.7 Å². The van der Waals surface area contributed by atoms with E-state index in [1.165, 1.54) is 36.0 Å². The van der Waals surface area contributed by atoms with Crippen molar-refractivity contribution < 1.29 is 53.7 Å². The number of carboxylic acid groups (broad SMARTS) is 2. The van der Waals surface area contributed by atoms with Crippen LogP contribution in [0.5, 0.6) is 11.5 Å². The van der Waals surface area contributed by atoms with E-state index in [1.54, 1.807) is 6.07 Å². The molecular weight excluding hydrogens is 764 g/mol. The summed E-state index contributed by atoms with van der Waals surface area (Å²) in [6.07, 6.45) is -2.70. The van der Waals surface area contributed by atoms with Gasteiger partial charge >= 0.3 is 11.9 Å². The first-order valence-electron chi connectivity index (χ1n) is 18.8. The van der Waals surface area contributed by atoms with E-state index >= 15 is 0 Å². The topological polar surface area (TPSA) is 223 Å². The molecule has 1 saturated heterocycles. The highest BCUT2D eigenvalue weighted by molar-refractivity contribution is 5.94. The molecule has 7 rings (SSSR count). The largest absolute Gasteiger partial charge is 0.496 e. The molecule has 0 radical (unpaired) electrons. The number of benzene rings is 4. The number of aliphatic hydroxyl groups excluding tert-OH is 2. The average Bonchev–Trinajstić information content (AvgIpc) is 3.93. The summed E-state index contributed by atoms with van der Waals surface area (Å²) in [4.78, 5) is 24.6. The van der Waals surface area contributed by atoms with Gasteiger partial charge in [-0.05, 0) is 17.2 Å². The van der Waals surface area contributed by atoms with E-state index in [-0.39, 0.29) is 37.4 Å². The van der Waals surface area contributed by atoms with Crippen molar-refractivity contribution in [2.75, 3.05) is 20.8 Å². The molecule has 4 N–H and O–H groups in total. The van der Waals surface area contributed by atoms with E-state index in [2.05, 4.69) is 20.6 Å². The summed E-state index contributed by atoms with van der Waals surface area (Å²) in [5.41, 5.74) is 2.58. The van der Waals surface area contributed by atoms with Crippen LogP contribution in [0.1, 0.15) is 46.3 Å². The molecule has 1 aliphatic rings. The van der Waals surface area contributed by atoms with Crippen LogP contribution in [0.15, 0.2) is 103 Å². The van der Waals surface area contributed by atoms with Gasteiger partial charge in [-0.3, -0.25) is 0 Å². The van der Waals surface area contributed by atoms with Crippen LogP contribution in [0.25, 0.3) is 10.8 Å². The molecule has 0 amide bonds. The number of ether oxygens (including phenoxy) is 5. The van der Waals surface area contributed by atoms with Crippen molar-refractivity contribution in [1.82, 2.24) is 30.0 Å². The molecule has 1 fully saturated rings. The lowest BCUT2D eigenvalue weighted by atomic mass is 9.89. The number of hydrogen-bond donors (Lipinski definition) is 4. The molecule has 17 nitrogen and oxygen atoms in total. The minimum atomic E-state index is -1.44. The second-order valence-electron chi connectivity index (χ2n) is 14.0. The number of nitrogens with zero attached hydrogens (tertiary/aromatic N) is 6. The summed E-state index contributed by atoms with van der Waals surface area (Å²) < 4.78 is 33.2. The minimum Gasteiger partial charge on any atom is -0.496 e. The van der Waals surface area contributed by atoms with Crippen LogP contribution in [0.2, 0.25) is 0 Å². The lowest BCUT2D eigenvalue weighted by molar-refractivity contribution is -0.261. The predicted octanol–water partition coefficient (Wildman–Crippen LogP) is 3.74. The molecule has 308 valence electrons. The Morgan fingerprint density at radius 3 is 1.73 bits per heavy atom. The highest BCUT2D eigenvalue weighted by Gasteiger charge is 2.48. The Balaban J connectivity index is 1.17. The van der Waals surface area contributed by atoms with Gasteiger partial charge < -0.3 is 44.1 Å². The summed E-state index contributed by atoms with van der Waals surface area (Å²) in [6, 6.07) is 25.3. The molecule has 4 aromatic carbocycles. The highest BCUT2D eigenvalue weighted by atomic mass is 16.6. The molecule has 3 heterocycles. The predicted molar refractivity (Wildman–Crippen MR) is 209 cm³/mol. The smallest absolute Gasteiger partial charge is 0.328 e. The maximum absolute atomic E-state index is 12.3. The molecule has 0 unspecified atom stereocenters. The van der Waals surface area contributed by atoms with E-state index in [9.17, 15) is 30.0 Å². The van der Waals surface area contributed by atoms with Crippen molar-refractivity contribution >= 4 is 22.7 Å². The summed E-state index contributed by atoms with van der Waals surface area (Å²) in [5, 5.41) is 61.0. The molecular formula is C42H44N6O11. The standard InChI is InChI=1S/C42H44N6O11/c1-55-34-19-31(37(56-2)30-16-10-9-15-29(30)34)38-36(50)40(58-24-28-21-48(46-44-28)33(42(53)54)18-26-13-7-4-8-14-26)39(35(22-49)59-38)57-23-27-20-47(45-43-27)32(41(51)52)17-25-11-5-3-6-12-25/h3-16,19-21,32-33,35-36,38-40,49-50H,17-18,22-24H2,1-2H3,(H,51,52)(H,53,54)/t32-,33-,35+,36-,38-,39+,40+/m0/s1. The fourth-order valence-electron chi connectivity index (χ4n) is 7.36. The van der Waals surface area contributed by atoms with Gasteiger partial charge in [0.15, 0.2) is 12.1 Å². The van der Waals surface area contributed by atoms with Crippen LogP contribution in [-0.4, -0.2) is 108 Å². The van der Waals surface area contributed by atoms with Gasteiger partial charge in [-0.2, -0.15) is 0 Å². The van der Waals surface area contributed by atoms with Crippen LogP contribution in [0.3, 0.4) is 0 Å². The Labute approximate surface area is 338 Å². The van der Waals surface area contributed by atoms with Crippen molar-refractivity contribution in [3.63, 3.8) is 0 Å². The highest BCUT2D eigenvalue weighted by Crippen LogP contribution is 2.45. The van der Waals surface area contributed by atoms with Gasteiger partial charge in [-0.25, -0.2) is 19.0 Å². The number of aromatic nitrogens is 6. The fraction of sp³-hybridized carbons (Fsp3) is 0.333. The Morgan fingerprint density at radius 2 is 1.24 bits per heavy atom. The molecule has 0 saturated carbocycles. The molecule has 0 spiro atoms. The first-order chi connectivity index (χ1) is 28.7. The number of carbonyl (C=O) groups is 2. The van der Waals surface area contributed by atoms with Crippen LogP contribution >= 0.6 is 0 Å². The number of fused-ring (bicyclic) bond motifs is 1. The van der Waals surface area contributed by atoms with Crippen LogP contribution in [0.4, 0.5) is 0 Å². The molecule has 17 heteroatoms. The molecule has 0 bridgehead atoms. The van der Waals surface area contributed by atoms with Gasteiger partial charge in [0.1, 0.15) is 53.4 Å². The Kier molecular flexibility index (Phi) is 12.9. The number of carboxylic acids is 2. The third-order valence-electron chi connectivity index (χ3n) is 10.3. The maximum atomic E-state index is 12.3. The van der Waals surface area contributed by atoms with E-state index < -0.39 is 61.1 Å². The molecule has 6 aromatic rings. The molecule has 0 aliphatic carbocycles. The quantitative estimate of drug-likeness (QED) is 0.0971. The fourth-order valence-corrected chi connectivity index (χ4v) is 7.36. The summed E-state index contributed by atoms with van der Waals surface area (Å²) >= 11 is 0. The summed E-state index contributed by atoms with van der Waals surface area (Å²) in [7, 11) is 3.03. The van der Waals surface area contributed by atoms with Gasteiger partial charge in [0.2, 0.25) is 0 Å². The summed E-state index contributed by atoms with van der Waals surface area (Å²) in [6.45, 7) is -1.01. The zero-order valence-corrected chi connectivity index (χ0v) is 32.2.